The van der Waals surface area contributed by atoms with Gasteiger partial charge in [0, 0.05) is 0 Å². The third kappa shape index (κ3) is 23.4. The van der Waals surface area contributed by atoms with Crippen molar-refractivity contribution in [2.75, 3.05) is 37.0 Å². The van der Waals surface area contributed by atoms with Gasteiger partial charge in [0.1, 0.15) is 124 Å². The molecule has 0 bridgehead atoms. The number of nitrogen functional groups attached to an aromatic ring is 3. The minimum atomic E-state index is -4.40. The molecule has 49 heteroatoms. The van der Waals surface area contributed by atoms with E-state index in [9.17, 15) is 73.6 Å². The summed E-state index contributed by atoms with van der Waals surface area (Å²) < 4.78 is 137. The average Bonchev–Trinajstić information content (AvgIpc) is 1.56. The highest BCUT2D eigenvalue weighted by molar-refractivity contribution is 7.52. The molecule has 14 N–H and O–H groups in total. The van der Waals surface area contributed by atoms with Crippen LogP contribution in [-0.4, -0.2) is 210 Å². The van der Waals surface area contributed by atoms with Crippen molar-refractivity contribution >= 4 is 93.1 Å². The van der Waals surface area contributed by atoms with Crippen molar-refractivity contribution in [1.82, 2.24) is 59.1 Å². The fourth-order valence-corrected chi connectivity index (χ4v) is 18.9. The molecule has 0 aliphatic carbocycles. The Morgan fingerprint density at radius 2 is 0.640 bits per heavy atom. The Labute approximate surface area is 783 Å². The molecule has 3 aliphatic heterocycles. The molecule has 9 aromatic rings. The summed E-state index contributed by atoms with van der Waals surface area (Å²) in [5.41, 5.74) is 12.2. The van der Waals surface area contributed by atoms with Crippen LogP contribution in [-0.2, 0) is 115 Å². The summed E-state index contributed by atoms with van der Waals surface area (Å²) in [6.07, 6.45) is -6.45. The van der Waals surface area contributed by atoms with E-state index >= 15 is 0 Å². The second-order valence-corrected chi connectivity index (χ2v) is 39.0. The molecule has 46 nitrogen and oxygen atoms in total. The molecule has 734 valence electrons. The lowest BCUT2D eigenvalue weighted by atomic mass is 9.80. The summed E-state index contributed by atoms with van der Waals surface area (Å²) in [7, 11) is -13.2. The van der Waals surface area contributed by atoms with Crippen LogP contribution in [0, 0.1) is 51.7 Å². The molecule has 18 atom stereocenters. The fraction of sp³-hybridized carbons (Fsp3) is 0.483. The number of fused-ring (bicyclic) bond motifs is 3. The van der Waals surface area contributed by atoms with Gasteiger partial charge in [-0.25, -0.2) is 42.2 Å². The lowest BCUT2D eigenvalue weighted by molar-refractivity contribution is -0.168. The van der Waals surface area contributed by atoms with Crippen LogP contribution in [0.25, 0.3) is 16.6 Å². The van der Waals surface area contributed by atoms with Crippen molar-refractivity contribution in [2.45, 2.75) is 231 Å². The molecule has 3 aromatic carbocycles. The van der Waals surface area contributed by atoms with Gasteiger partial charge >= 0.3 is 59.1 Å². The number of hydrogen-bond acceptors (Lipinski definition) is 39. The van der Waals surface area contributed by atoms with Gasteiger partial charge in [0.25, 0.3) is 0 Å². The number of hydrogen-bond donors (Lipinski definition) is 9. The Morgan fingerprint density at radius 1 is 0.412 bits per heavy atom. The fourth-order valence-electron chi connectivity index (χ4n) is 14.4. The summed E-state index contributed by atoms with van der Waals surface area (Å²) >= 11 is 0. The number of nitriles is 3. The number of anilines is 3. The second-order valence-electron chi connectivity index (χ2n) is 33.9. The van der Waals surface area contributed by atoms with Gasteiger partial charge in [-0.3, -0.25) is 42.3 Å². The van der Waals surface area contributed by atoms with Crippen LogP contribution in [0.15, 0.2) is 146 Å². The van der Waals surface area contributed by atoms with E-state index < -0.39 is 203 Å². The number of nitrogens with one attached hydrogen (secondary N) is 3. The standard InChI is InChI=1S/3C29H37N6O9P.H2O/c3*1-17(2)26(36)42-24-22(43-29(15-30,28(24,6)38)23-13-12-21-25(31)32-16-33-35(21)23)14-40-45(39,44-20-10-8-7-9-11-20)34-19(5)27(37)41-18(3)4;/h3*7-13,16-19,22,24,38H,14H2,1-6H3,(H,34,39)(H2,31,32,33);1H2/t19-,22+,24+,28+,29-,45?;19-,22+,24+,28+,29-,45+;19-,22+,24+,28+,29-,45-;/m000./s1/i/hD. The molecule has 3 fully saturated rings. The van der Waals surface area contributed by atoms with Crippen molar-refractivity contribution in [3.63, 3.8) is 0 Å². The van der Waals surface area contributed by atoms with E-state index in [2.05, 4.69) is 45.5 Å². The highest BCUT2D eigenvalue weighted by atomic mass is 31.2. The number of carbonyl (C=O) groups excluding carboxylic acids is 6. The molecule has 6 aromatic heterocycles. The number of nitrogens with two attached hydrogens (primary N) is 3. The number of carbonyl (C=O) groups is 6. The predicted molar refractivity (Wildman–Crippen MR) is 482 cm³/mol. The Hall–Kier alpha value is -12.2. The first-order chi connectivity index (χ1) is 64.4. The number of rotatable bonds is 36. The van der Waals surface area contributed by atoms with Crippen LogP contribution in [0.2, 0.25) is 0 Å². The largest absolute Gasteiger partial charge is 0.462 e. The van der Waals surface area contributed by atoms with Gasteiger partial charge in [0.05, 0.1) is 73.0 Å². The van der Waals surface area contributed by atoms with Crippen LogP contribution in [0.1, 0.15) is 143 Å². The molecule has 0 spiro atoms. The molecule has 9 heterocycles. The van der Waals surface area contributed by atoms with Gasteiger partial charge in [-0.05, 0) is 156 Å². The van der Waals surface area contributed by atoms with Crippen molar-refractivity contribution in [3.8, 4) is 35.5 Å². The third-order valence-electron chi connectivity index (χ3n) is 21.2. The van der Waals surface area contributed by atoms with Crippen LogP contribution in [0.5, 0.6) is 17.2 Å². The normalized spacial score (nSPS) is 24.9. The molecule has 3 aliphatic rings. The van der Waals surface area contributed by atoms with E-state index in [1.54, 1.807) is 156 Å². The highest BCUT2D eigenvalue weighted by Gasteiger charge is 2.71. The van der Waals surface area contributed by atoms with Crippen LogP contribution in [0.4, 0.5) is 17.5 Å². The molecular formula is C87H113N18O28P3. The van der Waals surface area contributed by atoms with Gasteiger partial charge < -0.3 is 94.2 Å². The number of aromatic nitrogens is 9. The number of esters is 6. The SMILES string of the molecule is CC(C)OC(=O)[C@H](C)NP(=O)(OC[C@H]1O[C@@](C#N)(c2ccc3c(N)ncnn23)[C@](C)(O)[C@@H]1OC(=O)C(C)C)Oc1ccccc1.CC(C)OC(=O)[C@H](C)N[P@@](=O)(OC[C@H]1O[C@@](C#N)(c2ccc3c(N)ncnn23)[C@](C)(O)[C@@H]1OC(=O)C(C)C)Oc1ccccc1.CC(C)OC(=O)[C@H](C)N[P@](=O)(OC[C@H]1O[C@@](C#N)(c2ccc3c(N)ncnn23)[C@](C)(O)[C@@H]1OC(=O)C(C)C)Oc1ccccc1.[2H]O. The topological polar surface area (TPSA) is 660 Å². The molecule has 0 radical (unpaired) electrons. The minimum absolute atomic E-state index is 0.0686. The van der Waals surface area contributed by atoms with E-state index in [1.807, 2.05) is 18.2 Å². The minimum Gasteiger partial charge on any atom is -0.462 e. The summed E-state index contributed by atoms with van der Waals surface area (Å²) in [5.74, 6) is -5.23. The maximum Gasteiger partial charge on any atom is 0.459 e. The maximum absolute atomic E-state index is 14.1. The Kier molecular flexibility index (Phi) is 34.1. The number of ether oxygens (including phenoxy) is 9. The molecule has 3 saturated heterocycles. The molecule has 1 unspecified atom stereocenters. The van der Waals surface area contributed by atoms with Gasteiger partial charge in [0.2, 0.25) is 18.2 Å². The van der Waals surface area contributed by atoms with Crippen molar-refractivity contribution < 1.29 is 134 Å². The summed E-state index contributed by atoms with van der Waals surface area (Å²) in [6.45, 7) is 25.8. The van der Waals surface area contributed by atoms with E-state index in [0.717, 1.165) is 0 Å². The Balaban J connectivity index is 0.000000228. The van der Waals surface area contributed by atoms with Crippen molar-refractivity contribution in [1.29, 1.82) is 15.8 Å². The molecule has 136 heavy (non-hydrogen) atoms. The third-order valence-corrected chi connectivity index (χ3v) is 26.2. The lowest BCUT2D eigenvalue weighted by Gasteiger charge is -2.34. The summed E-state index contributed by atoms with van der Waals surface area (Å²) in [4.78, 5) is 88.0. The first kappa shape index (κ1) is 106. The second kappa shape index (κ2) is 43.8. The predicted octanol–water partition coefficient (Wildman–Crippen LogP) is 7.82. The molecule has 0 amide bonds. The van der Waals surface area contributed by atoms with Crippen LogP contribution >= 0.6 is 23.2 Å². The van der Waals surface area contributed by atoms with Crippen LogP contribution in [0.3, 0.4) is 0 Å². The maximum atomic E-state index is 14.1. The average molecular weight is 1950 g/mol. The van der Waals surface area contributed by atoms with Gasteiger partial charge in [-0.2, -0.15) is 46.3 Å². The van der Waals surface area contributed by atoms with Gasteiger partial charge in [-0.1, -0.05) is 96.1 Å². The zero-order valence-electron chi connectivity index (χ0n) is 78.7. The molecular weight excluding hydrogens is 1840 g/mol. The number of aliphatic hydroxyl groups is 3. The number of benzene rings is 3. The zero-order chi connectivity index (χ0) is 101. The molecule has 0 saturated carbocycles. The van der Waals surface area contributed by atoms with E-state index in [-0.39, 0.29) is 51.8 Å². The van der Waals surface area contributed by atoms with Crippen molar-refractivity contribution in [2.24, 2.45) is 17.8 Å². The monoisotopic (exact) mass is 1950 g/mol. The number of para-hydroxylation sites is 3. The van der Waals surface area contributed by atoms with E-state index in [1.165, 1.54) is 129 Å². The van der Waals surface area contributed by atoms with Crippen LogP contribution < -0.4 is 46.0 Å². The first-order valence-electron chi connectivity index (χ1n) is 43.1. The first-order valence-corrected chi connectivity index (χ1v) is 47.3. The number of nitrogens with zero attached hydrogens (tertiary/aromatic N) is 12. The quantitative estimate of drug-likeness (QED) is 0.0103. The Morgan fingerprint density at radius 3 is 0.846 bits per heavy atom. The summed E-state index contributed by atoms with van der Waals surface area (Å²) in [5, 5.41) is 87.9. The lowest BCUT2D eigenvalue weighted by Crippen LogP contribution is -2.54. The van der Waals surface area contributed by atoms with Gasteiger partial charge in [0.15, 0.2) is 35.8 Å². The van der Waals surface area contributed by atoms with Crippen molar-refractivity contribution in [3.05, 3.63) is 163 Å². The highest BCUT2D eigenvalue weighted by Crippen LogP contribution is 2.56. The zero-order valence-corrected chi connectivity index (χ0v) is 80.3. The smallest absolute Gasteiger partial charge is 0.459 e. The Bertz CT molecular complexity index is 5450. The van der Waals surface area contributed by atoms with E-state index in [0.29, 0.717) is 16.6 Å². The molecule has 12 rings (SSSR count). The van der Waals surface area contributed by atoms with Gasteiger partial charge in [-0.15, -0.1) is 0 Å². The summed E-state index contributed by atoms with van der Waals surface area (Å²) in [6, 6.07) is 36.0. The van der Waals surface area contributed by atoms with E-state index in [4.69, 9.17) is 93.9 Å².